The molecule has 1 aromatic carbocycles. The summed E-state index contributed by atoms with van der Waals surface area (Å²) in [4.78, 5) is 23.4. The van der Waals surface area contributed by atoms with Crippen LogP contribution in [0.1, 0.15) is 24.0 Å². The van der Waals surface area contributed by atoms with Crippen molar-refractivity contribution in [2.75, 3.05) is 66.5 Å². The van der Waals surface area contributed by atoms with Crippen molar-refractivity contribution in [3.63, 3.8) is 0 Å². The van der Waals surface area contributed by atoms with Crippen molar-refractivity contribution < 1.29 is 9.53 Å². The number of methoxy groups -OCH3 is 1. The lowest BCUT2D eigenvalue weighted by atomic mass is 10.1. The van der Waals surface area contributed by atoms with Gasteiger partial charge in [-0.3, -0.25) is 14.7 Å². The van der Waals surface area contributed by atoms with Gasteiger partial charge in [0.15, 0.2) is 5.96 Å². The number of guanidine groups is 1. The molecule has 0 bridgehead atoms. The molecule has 7 heteroatoms. The Hall–Kier alpha value is -2.28. The molecule has 29 heavy (non-hydrogen) atoms. The summed E-state index contributed by atoms with van der Waals surface area (Å²) in [5, 5.41) is 3.48. The number of ether oxygens (including phenoxy) is 1. The highest BCUT2D eigenvalue weighted by Crippen LogP contribution is 2.19. The van der Waals surface area contributed by atoms with Crippen LogP contribution in [-0.2, 0) is 11.2 Å². The van der Waals surface area contributed by atoms with Crippen LogP contribution in [0.5, 0.6) is 5.75 Å². The van der Waals surface area contributed by atoms with Crippen molar-refractivity contribution >= 4 is 11.9 Å². The number of carbonyl (C=O) groups is 1. The Bertz CT molecular complexity index is 707. The molecule has 0 unspecified atom stereocenters. The lowest BCUT2D eigenvalue weighted by Gasteiger charge is -2.36. The van der Waals surface area contributed by atoms with Crippen LogP contribution in [0.4, 0.5) is 0 Å². The Balaban J connectivity index is 1.41. The standard InChI is InChI=1S/C22H35N5O2/c1-18-6-7-19(16-20(18)29-3)8-9-24-22(23-2)27-14-12-25(13-15-27)17-21(28)26-10-4-5-11-26/h6-7,16H,4-5,8-15,17H2,1-3H3,(H,23,24). The van der Waals surface area contributed by atoms with Crippen molar-refractivity contribution in [2.24, 2.45) is 4.99 Å². The van der Waals surface area contributed by atoms with E-state index in [4.69, 9.17) is 4.74 Å². The number of aliphatic imine (C=N–C) groups is 1. The second-order valence-electron chi connectivity index (χ2n) is 7.88. The minimum Gasteiger partial charge on any atom is -0.496 e. The molecule has 1 amide bonds. The largest absolute Gasteiger partial charge is 0.496 e. The van der Waals surface area contributed by atoms with Gasteiger partial charge in [0.1, 0.15) is 5.75 Å². The van der Waals surface area contributed by atoms with Crippen molar-refractivity contribution in [3.05, 3.63) is 29.3 Å². The van der Waals surface area contributed by atoms with Gasteiger partial charge in [-0.15, -0.1) is 0 Å². The SMILES string of the molecule is CN=C(NCCc1ccc(C)c(OC)c1)N1CCN(CC(=O)N2CCCC2)CC1. The van der Waals surface area contributed by atoms with Gasteiger partial charge in [0.05, 0.1) is 13.7 Å². The number of benzene rings is 1. The van der Waals surface area contributed by atoms with E-state index in [-0.39, 0.29) is 5.91 Å². The van der Waals surface area contributed by atoms with Crippen LogP contribution in [0.3, 0.4) is 0 Å². The number of aryl methyl sites for hydroxylation is 1. The number of nitrogens with one attached hydrogen (secondary N) is 1. The first-order chi connectivity index (χ1) is 14.1. The number of carbonyl (C=O) groups excluding carboxylic acids is 1. The Kier molecular flexibility index (Phi) is 7.75. The van der Waals surface area contributed by atoms with Gasteiger partial charge in [0.25, 0.3) is 0 Å². The second kappa shape index (κ2) is 10.5. The number of nitrogens with zero attached hydrogens (tertiary/aromatic N) is 4. The second-order valence-corrected chi connectivity index (χ2v) is 7.88. The third-order valence-electron chi connectivity index (χ3n) is 5.87. The van der Waals surface area contributed by atoms with Gasteiger partial charge in [0, 0.05) is 52.9 Å². The van der Waals surface area contributed by atoms with Gasteiger partial charge in [-0.05, 0) is 43.4 Å². The van der Waals surface area contributed by atoms with Crippen LogP contribution < -0.4 is 10.1 Å². The van der Waals surface area contributed by atoms with E-state index in [2.05, 4.69) is 45.2 Å². The molecule has 2 aliphatic rings. The summed E-state index contributed by atoms with van der Waals surface area (Å²) in [6.07, 6.45) is 3.22. The van der Waals surface area contributed by atoms with Crippen LogP contribution in [0.15, 0.2) is 23.2 Å². The molecule has 3 rings (SSSR count). The summed E-state index contributed by atoms with van der Waals surface area (Å²) in [6, 6.07) is 6.36. The molecule has 0 aliphatic carbocycles. The van der Waals surface area contributed by atoms with Crippen molar-refractivity contribution in [2.45, 2.75) is 26.2 Å². The van der Waals surface area contributed by atoms with Crippen LogP contribution in [-0.4, -0.2) is 93.1 Å². The number of rotatable bonds is 6. The first-order valence-corrected chi connectivity index (χ1v) is 10.7. The third-order valence-corrected chi connectivity index (χ3v) is 5.87. The summed E-state index contributed by atoms with van der Waals surface area (Å²) in [5.74, 6) is 2.16. The molecule has 2 aliphatic heterocycles. The minimum atomic E-state index is 0.284. The van der Waals surface area contributed by atoms with E-state index in [9.17, 15) is 4.79 Å². The summed E-state index contributed by atoms with van der Waals surface area (Å²) in [6.45, 7) is 8.88. The average Bonchev–Trinajstić information content (AvgIpc) is 3.28. The lowest BCUT2D eigenvalue weighted by Crippen LogP contribution is -2.54. The van der Waals surface area contributed by atoms with Crippen molar-refractivity contribution in [3.8, 4) is 5.75 Å². The maximum Gasteiger partial charge on any atom is 0.236 e. The molecule has 0 spiro atoms. The molecule has 0 atom stereocenters. The molecule has 2 fully saturated rings. The monoisotopic (exact) mass is 401 g/mol. The van der Waals surface area contributed by atoms with Crippen LogP contribution in [0.2, 0.25) is 0 Å². The predicted molar refractivity (Wildman–Crippen MR) is 117 cm³/mol. The molecule has 0 radical (unpaired) electrons. The first-order valence-electron chi connectivity index (χ1n) is 10.7. The highest BCUT2D eigenvalue weighted by Gasteiger charge is 2.24. The van der Waals surface area contributed by atoms with Gasteiger partial charge in [0.2, 0.25) is 5.91 Å². The molecule has 0 saturated carbocycles. The van der Waals surface area contributed by atoms with Gasteiger partial charge >= 0.3 is 0 Å². The van der Waals surface area contributed by atoms with Crippen LogP contribution >= 0.6 is 0 Å². The predicted octanol–water partition coefficient (Wildman–Crippen LogP) is 1.36. The summed E-state index contributed by atoms with van der Waals surface area (Å²) < 4.78 is 5.42. The molecule has 1 aromatic rings. The molecule has 2 saturated heterocycles. The summed E-state index contributed by atoms with van der Waals surface area (Å²) >= 11 is 0. The zero-order valence-corrected chi connectivity index (χ0v) is 18.1. The Morgan fingerprint density at radius 1 is 1.10 bits per heavy atom. The summed E-state index contributed by atoms with van der Waals surface area (Å²) in [7, 11) is 3.55. The van der Waals surface area contributed by atoms with Crippen molar-refractivity contribution in [1.29, 1.82) is 0 Å². The Labute approximate surface area is 174 Å². The number of likely N-dealkylation sites (tertiary alicyclic amines) is 1. The van der Waals surface area contributed by atoms with E-state index >= 15 is 0 Å². The third kappa shape index (κ3) is 5.85. The van der Waals surface area contributed by atoms with Gasteiger partial charge in [-0.1, -0.05) is 12.1 Å². The van der Waals surface area contributed by atoms with E-state index in [0.29, 0.717) is 6.54 Å². The normalized spacial score (nSPS) is 18.2. The average molecular weight is 402 g/mol. The number of amides is 1. The fraction of sp³-hybridized carbons (Fsp3) is 0.636. The van der Waals surface area contributed by atoms with Crippen molar-refractivity contribution in [1.82, 2.24) is 20.0 Å². The molecule has 1 N–H and O–H groups in total. The summed E-state index contributed by atoms with van der Waals surface area (Å²) in [5.41, 5.74) is 2.40. The lowest BCUT2D eigenvalue weighted by molar-refractivity contribution is -0.131. The zero-order valence-electron chi connectivity index (χ0n) is 18.1. The molecular formula is C22H35N5O2. The minimum absolute atomic E-state index is 0.284. The van der Waals surface area contributed by atoms with E-state index in [0.717, 1.165) is 82.3 Å². The van der Waals surface area contributed by atoms with Gasteiger partial charge in [-0.2, -0.15) is 0 Å². The van der Waals surface area contributed by atoms with Gasteiger partial charge in [-0.25, -0.2) is 0 Å². The molecule has 0 aromatic heterocycles. The van der Waals surface area contributed by atoms with Crippen LogP contribution in [0.25, 0.3) is 0 Å². The van der Waals surface area contributed by atoms with Crippen LogP contribution in [0, 0.1) is 6.92 Å². The number of hydrogen-bond donors (Lipinski definition) is 1. The smallest absolute Gasteiger partial charge is 0.236 e. The first kappa shape index (κ1) is 21.4. The van der Waals surface area contributed by atoms with E-state index in [1.807, 2.05) is 11.9 Å². The highest BCUT2D eigenvalue weighted by molar-refractivity contribution is 5.80. The molecule has 160 valence electrons. The fourth-order valence-corrected chi connectivity index (χ4v) is 4.05. The van der Waals surface area contributed by atoms with E-state index in [1.165, 1.54) is 5.56 Å². The number of hydrogen-bond acceptors (Lipinski definition) is 4. The highest BCUT2D eigenvalue weighted by atomic mass is 16.5. The topological polar surface area (TPSA) is 60.4 Å². The Morgan fingerprint density at radius 2 is 1.83 bits per heavy atom. The van der Waals surface area contributed by atoms with E-state index < -0.39 is 0 Å². The maximum absolute atomic E-state index is 12.4. The molecule has 2 heterocycles. The maximum atomic E-state index is 12.4. The molecule has 7 nitrogen and oxygen atoms in total. The zero-order chi connectivity index (χ0) is 20.6. The Morgan fingerprint density at radius 3 is 2.48 bits per heavy atom. The quantitative estimate of drug-likeness (QED) is 0.576. The van der Waals surface area contributed by atoms with E-state index in [1.54, 1.807) is 7.11 Å². The fourth-order valence-electron chi connectivity index (χ4n) is 4.05. The van der Waals surface area contributed by atoms with Gasteiger partial charge < -0.3 is 19.9 Å². The molecular weight excluding hydrogens is 366 g/mol. The number of piperazine rings is 1.